The number of aromatic amines is 1. The fraction of sp³-hybridized carbons (Fsp3) is 0.500. The van der Waals surface area contributed by atoms with Crippen LogP contribution >= 0.6 is 0 Å². The highest BCUT2D eigenvalue weighted by Crippen LogP contribution is 2.31. The van der Waals surface area contributed by atoms with Crippen molar-refractivity contribution < 1.29 is 32.1 Å². The topological polar surface area (TPSA) is 177 Å². The smallest absolute Gasteiger partial charge is 0.387 e. The summed E-state index contributed by atoms with van der Waals surface area (Å²) in [4.78, 5) is 21.7. The lowest BCUT2D eigenvalue weighted by Crippen LogP contribution is -2.34. The predicted molar refractivity (Wildman–Crippen MR) is 71.6 cm³/mol. The zero-order valence-electron chi connectivity index (χ0n) is 11.3. The average Bonchev–Trinajstić information content (AvgIpc) is 3.01. The summed E-state index contributed by atoms with van der Waals surface area (Å²) >= 11 is 0. The molecule has 0 bridgehead atoms. The molecule has 126 valence electrons. The van der Waals surface area contributed by atoms with Gasteiger partial charge in [-0.1, -0.05) is 0 Å². The van der Waals surface area contributed by atoms with Crippen LogP contribution in [0.5, 0.6) is 0 Å². The van der Waals surface area contributed by atoms with E-state index in [1.165, 1.54) is 10.9 Å². The summed E-state index contributed by atoms with van der Waals surface area (Å²) in [5.74, 6) is 0. The molecule has 4 N–H and O–H groups in total. The third-order valence-corrected chi connectivity index (χ3v) is 3.79. The summed E-state index contributed by atoms with van der Waals surface area (Å²) in [6.07, 6.45) is -3.00. The lowest BCUT2D eigenvalue weighted by Gasteiger charge is -2.16. The molecule has 0 saturated carbocycles. The van der Waals surface area contributed by atoms with Gasteiger partial charge in [0, 0.05) is 0 Å². The van der Waals surface area contributed by atoms with Crippen molar-refractivity contribution in [2.75, 3.05) is 6.61 Å². The Morgan fingerprint density at radius 3 is 2.78 bits per heavy atom. The van der Waals surface area contributed by atoms with Crippen molar-refractivity contribution in [2.45, 2.75) is 24.5 Å². The first-order valence-electron chi connectivity index (χ1n) is 6.31. The molecule has 1 fully saturated rings. The number of nitrogens with one attached hydrogen (secondary N) is 1. The van der Waals surface area contributed by atoms with E-state index in [1.54, 1.807) is 0 Å². The third kappa shape index (κ3) is 2.97. The Kier molecular flexibility index (Phi) is 3.91. The molecule has 1 aliphatic heterocycles. The van der Waals surface area contributed by atoms with E-state index >= 15 is 0 Å². The van der Waals surface area contributed by atoms with Crippen molar-refractivity contribution in [1.82, 2.24) is 19.5 Å². The Balaban J connectivity index is 1.88. The fourth-order valence-corrected chi connectivity index (χ4v) is 2.61. The van der Waals surface area contributed by atoms with Gasteiger partial charge in [0.2, 0.25) is 0 Å². The van der Waals surface area contributed by atoms with Crippen LogP contribution in [0, 0.1) is 0 Å². The van der Waals surface area contributed by atoms with Crippen LogP contribution in [0.15, 0.2) is 17.4 Å². The zero-order chi connectivity index (χ0) is 16.8. The molecule has 0 aromatic carbocycles. The van der Waals surface area contributed by atoms with Crippen LogP contribution < -0.4 is 5.56 Å². The minimum absolute atomic E-state index is 0.00965. The number of nitrogens with zero attached hydrogens (tertiary/aromatic N) is 3. The molecule has 0 spiro atoms. The Bertz CT molecular complexity index is 876. The van der Waals surface area contributed by atoms with Crippen LogP contribution in [0.2, 0.25) is 0 Å². The van der Waals surface area contributed by atoms with E-state index in [4.69, 9.17) is 9.29 Å². The molecule has 23 heavy (non-hydrogen) atoms. The number of imidazole rings is 1. The second-order valence-corrected chi connectivity index (χ2v) is 5.91. The van der Waals surface area contributed by atoms with Crippen molar-refractivity contribution in [2.24, 2.45) is 0 Å². The largest absolute Gasteiger partial charge is 0.397 e. The van der Waals surface area contributed by atoms with Crippen molar-refractivity contribution in [3.63, 3.8) is 0 Å². The van der Waals surface area contributed by atoms with Gasteiger partial charge in [0.05, 0.1) is 19.3 Å². The van der Waals surface area contributed by atoms with Gasteiger partial charge in [0.1, 0.15) is 18.3 Å². The minimum Gasteiger partial charge on any atom is -0.387 e. The molecule has 1 saturated heterocycles. The first kappa shape index (κ1) is 16.0. The molecule has 0 radical (unpaired) electrons. The van der Waals surface area contributed by atoms with Gasteiger partial charge in [0.15, 0.2) is 17.4 Å². The molecule has 13 heteroatoms. The SMILES string of the molecule is O=c1[nH]cnc2c1ncn2C1O[C@H](COS(=O)(=O)O)C(O)C1O. The Morgan fingerprint density at radius 2 is 2.09 bits per heavy atom. The van der Waals surface area contributed by atoms with E-state index in [2.05, 4.69) is 19.1 Å². The Labute approximate surface area is 128 Å². The Hall–Kier alpha value is -1.90. The van der Waals surface area contributed by atoms with Crippen molar-refractivity contribution in [3.8, 4) is 0 Å². The number of rotatable bonds is 4. The quantitative estimate of drug-likeness (QED) is 0.434. The minimum atomic E-state index is -4.71. The molecular formula is C10H12N4O8S. The van der Waals surface area contributed by atoms with Gasteiger partial charge in [0.25, 0.3) is 5.56 Å². The zero-order valence-corrected chi connectivity index (χ0v) is 12.1. The van der Waals surface area contributed by atoms with Crippen molar-refractivity contribution in [3.05, 3.63) is 23.0 Å². The van der Waals surface area contributed by atoms with E-state index < -0.39 is 47.1 Å². The van der Waals surface area contributed by atoms with Crippen LogP contribution in [-0.4, -0.2) is 67.6 Å². The van der Waals surface area contributed by atoms with Crippen LogP contribution in [0.4, 0.5) is 0 Å². The summed E-state index contributed by atoms with van der Waals surface area (Å²) in [5, 5.41) is 19.9. The summed E-state index contributed by atoms with van der Waals surface area (Å²) in [6, 6.07) is 0. The summed E-state index contributed by atoms with van der Waals surface area (Å²) in [6.45, 7) is -0.700. The number of aliphatic hydroxyl groups is 2. The molecule has 2 aromatic heterocycles. The molecule has 3 heterocycles. The molecule has 3 rings (SSSR count). The predicted octanol–water partition coefficient (Wildman–Crippen LogP) is -2.44. The van der Waals surface area contributed by atoms with E-state index in [0.29, 0.717) is 0 Å². The number of fused-ring (bicyclic) bond motifs is 1. The van der Waals surface area contributed by atoms with Gasteiger partial charge < -0.3 is 19.9 Å². The molecule has 0 aliphatic carbocycles. The lowest BCUT2D eigenvalue weighted by molar-refractivity contribution is -0.0478. The molecule has 1 aliphatic rings. The van der Waals surface area contributed by atoms with E-state index in [-0.39, 0.29) is 11.2 Å². The van der Waals surface area contributed by atoms with Gasteiger partial charge in [-0.2, -0.15) is 8.42 Å². The second kappa shape index (κ2) is 5.63. The molecule has 12 nitrogen and oxygen atoms in total. The van der Waals surface area contributed by atoms with E-state index in [9.17, 15) is 23.4 Å². The van der Waals surface area contributed by atoms with Gasteiger partial charge in [-0.15, -0.1) is 0 Å². The van der Waals surface area contributed by atoms with Gasteiger partial charge >= 0.3 is 10.4 Å². The maximum Gasteiger partial charge on any atom is 0.397 e. The summed E-state index contributed by atoms with van der Waals surface area (Å²) in [7, 11) is -4.71. The molecule has 3 unspecified atom stereocenters. The third-order valence-electron chi connectivity index (χ3n) is 3.36. The highest BCUT2D eigenvalue weighted by atomic mass is 32.3. The number of aliphatic hydroxyl groups excluding tert-OH is 2. The summed E-state index contributed by atoms with van der Waals surface area (Å²) in [5.41, 5.74) is -0.371. The molecule has 0 amide bonds. The first-order chi connectivity index (χ1) is 10.8. The van der Waals surface area contributed by atoms with Crippen LogP contribution in [0.3, 0.4) is 0 Å². The number of hydrogen-bond acceptors (Lipinski definition) is 9. The van der Waals surface area contributed by atoms with Gasteiger partial charge in [-0.05, 0) is 0 Å². The highest BCUT2D eigenvalue weighted by molar-refractivity contribution is 7.80. The first-order valence-corrected chi connectivity index (χ1v) is 7.68. The number of aromatic nitrogens is 4. The van der Waals surface area contributed by atoms with Crippen LogP contribution in [0.25, 0.3) is 11.2 Å². The Morgan fingerprint density at radius 1 is 1.35 bits per heavy atom. The monoisotopic (exact) mass is 348 g/mol. The van der Waals surface area contributed by atoms with Crippen molar-refractivity contribution >= 4 is 21.6 Å². The van der Waals surface area contributed by atoms with Gasteiger partial charge in [-0.3, -0.25) is 13.9 Å². The van der Waals surface area contributed by atoms with E-state index in [0.717, 1.165) is 6.33 Å². The normalized spacial score (nSPS) is 28.5. The molecule has 2 aromatic rings. The second-order valence-electron chi connectivity index (χ2n) is 4.81. The van der Waals surface area contributed by atoms with Crippen LogP contribution in [-0.2, 0) is 19.3 Å². The standard InChI is InChI=1S/C10H12N4O8S/c15-6-4(1-21-23(18,19)20)22-10(7(6)16)14-3-13-5-8(14)11-2-12-9(5)17/h2-4,6-7,10,15-16H,1H2,(H,11,12,17)(H,18,19,20)/t4-,6?,7?,10?/m1/s1. The van der Waals surface area contributed by atoms with Gasteiger partial charge in [-0.25, -0.2) is 14.2 Å². The highest BCUT2D eigenvalue weighted by Gasteiger charge is 2.45. The van der Waals surface area contributed by atoms with Crippen LogP contribution in [0.1, 0.15) is 6.23 Å². The average molecular weight is 348 g/mol. The number of ether oxygens (including phenoxy) is 1. The molecule has 4 atom stereocenters. The summed E-state index contributed by atoms with van der Waals surface area (Å²) < 4.78 is 40.4. The van der Waals surface area contributed by atoms with Crippen molar-refractivity contribution in [1.29, 1.82) is 0 Å². The number of hydrogen-bond donors (Lipinski definition) is 4. The fourth-order valence-electron chi connectivity index (χ4n) is 2.30. The number of H-pyrrole nitrogens is 1. The maximum atomic E-state index is 11.6. The van der Waals surface area contributed by atoms with E-state index in [1.807, 2.05) is 0 Å². The maximum absolute atomic E-state index is 11.6. The lowest BCUT2D eigenvalue weighted by atomic mass is 10.1. The molecular weight excluding hydrogens is 336 g/mol.